The van der Waals surface area contributed by atoms with Gasteiger partial charge in [-0.1, -0.05) is 0 Å². The largest absolute Gasteiger partial charge is 0.504 e. The van der Waals surface area contributed by atoms with E-state index in [1.807, 2.05) is 22.6 Å². The fourth-order valence-electron chi connectivity index (χ4n) is 2.63. The third kappa shape index (κ3) is 6.39. The average Bonchev–Trinajstić information content (AvgIpc) is 2.79. The summed E-state index contributed by atoms with van der Waals surface area (Å²) in [6.07, 6.45) is 1.41. The molecule has 0 aliphatic heterocycles. The number of aromatic hydroxyl groups is 1. The van der Waals surface area contributed by atoms with Crippen LogP contribution in [0.1, 0.15) is 22.8 Å². The molecule has 2 aromatic carbocycles. The fraction of sp³-hybridized carbons (Fsp3) is 0.286. The lowest BCUT2D eigenvalue weighted by molar-refractivity contribution is -0.120. The Labute approximate surface area is 199 Å². The maximum Gasteiger partial charge on any atom is 0.259 e. The van der Waals surface area contributed by atoms with Crippen LogP contribution < -0.4 is 29.7 Å². The van der Waals surface area contributed by atoms with Gasteiger partial charge >= 0.3 is 0 Å². The molecule has 0 unspecified atom stereocenters. The molecule has 0 saturated heterocycles. The number of carbonyl (C=O) groups excluding carboxylic acids is 2. The van der Waals surface area contributed by atoms with Crippen molar-refractivity contribution in [3.05, 3.63) is 39.0 Å². The molecule has 0 aromatic heterocycles. The number of halogens is 1. The van der Waals surface area contributed by atoms with E-state index in [0.717, 1.165) is 0 Å². The number of phenols is 1. The Bertz CT molecular complexity index is 986. The number of methoxy groups -OCH3 is 3. The van der Waals surface area contributed by atoms with Gasteiger partial charge in [-0.2, -0.15) is 5.10 Å². The number of benzene rings is 2. The van der Waals surface area contributed by atoms with Gasteiger partial charge in [0.15, 0.2) is 23.0 Å². The van der Waals surface area contributed by atoms with Crippen LogP contribution >= 0.6 is 22.6 Å². The number of hydrazone groups is 1. The van der Waals surface area contributed by atoms with E-state index in [-0.39, 0.29) is 17.9 Å². The predicted molar refractivity (Wildman–Crippen MR) is 126 cm³/mol. The van der Waals surface area contributed by atoms with Crippen LogP contribution in [0.2, 0.25) is 0 Å². The Morgan fingerprint density at radius 1 is 1.06 bits per heavy atom. The van der Waals surface area contributed by atoms with Crippen LogP contribution in [0.5, 0.6) is 28.7 Å². The molecule has 0 atom stereocenters. The van der Waals surface area contributed by atoms with E-state index < -0.39 is 11.8 Å². The number of nitrogens with one attached hydrogen (secondary N) is 2. The van der Waals surface area contributed by atoms with Crippen LogP contribution in [0, 0.1) is 3.57 Å². The molecule has 0 fully saturated rings. The molecule has 2 amide bonds. The SMILES string of the molecule is CCOc1cc(/C=N\NC(=O)CNC(=O)c2cc(OC)c(OC)c(OC)c2)cc(I)c1O. The Hall–Kier alpha value is -3.22. The summed E-state index contributed by atoms with van der Waals surface area (Å²) in [6.45, 7) is 1.90. The van der Waals surface area contributed by atoms with E-state index >= 15 is 0 Å². The summed E-state index contributed by atoms with van der Waals surface area (Å²) in [6, 6.07) is 6.24. The maximum absolute atomic E-state index is 12.4. The molecule has 0 bridgehead atoms. The van der Waals surface area contributed by atoms with Crippen LogP contribution in [-0.2, 0) is 4.79 Å². The van der Waals surface area contributed by atoms with Gasteiger partial charge in [-0.05, 0) is 59.3 Å². The minimum atomic E-state index is -0.527. The predicted octanol–water partition coefficient (Wildman–Crippen LogP) is 2.30. The van der Waals surface area contributed by atoms with Crippen molar-refractivity contribution in [2.24, 2.45) is 5.10 Å². The summed E-state index contributed by atoms with van der Waals surface area (Å²) in [5.74, 6) is 0.336. The molecular weight excluding hydrogens is 533 g/mol. The molecule has 0 aliphatic carbocycles. The highest BCUT2D eigenvalue weighted by Gasteiger charge is 2.17. The molecule has 32 heavy (non-hydrogen) atoms. The van der Waals surface area contributed by atoms with Gasteiger partial charge < -0.3 is 29.4 Å². The van der Waals surface area contributed by atoms with Crippen molar-refractivity contribution in [1.82, 2.24) is 10.7 Å². The summed E-state index contributed by atoms with van der Waals surface area (Å²) < 4.78 is 21.6. The topological polar surface area (TPSA) is 128 Å². The Balaban J connectivity index is 1.98. The zero-order valence-corrected chi connectivity index (χ0v) is 20.2. The highest BCUT2D eigenvalue weighted by atomic mass is 127. The lowest BCUT2D eigenvalue weighted by atomic mass is 10.1. The molecule has 0 heterocycles. The number of amides is 2. The van der Waals surface area contributed by atoms with Gasteiger partial charge in [-0.25, -0.2) is 5.43 Å². The summed E-state index contributed by atoms with van der Waals surface area (Å²) in [7, 11) is 4.34. The lowest BCUT2D eigenvalue weighted by Gasteiger charge is -2.14. The van der Waals surface area contributed by atoms with E-state index in [0.29, 0.717) is 38.7 Å². The van der Waals surface area contributed by atoms with Crippen molar-refractivity contribution < 1.29 is 33.6 Å². The zero-order valence-electron chi connectivity index (χ0n) is 18.0. The molecule has 0 saturated carbocycles. The second kappa shape index (κ2) is 12.0. The second-order valence-corrected chi connectivity index (χ2v) is 7.33. The third-order valence-electron chi connectivity index (χ3n) is 4.09. The Morgan fingerprint density at radius 2 is 1.72 bits per heavy atom. The average molecular weight is 557 g/mol. The molecule has 10 nitrogen and oxygen atoms in total. The van der Waals surface area contributed by atoms with E-state index in [1.54, 1.807) is 19.1 Å². The first-order chi connectivity index (χ1) is 15.3. The van der Waals surface area contributed by atoms with Crippen LogP contribution in [0.3, 0.4) is 0 Å². The molecule has 11 heteroatoms. The number of hydrogen-bond donors (Lipinski definition) is 3. The van der Waals surface area contributed by atoms with Crippen molar-refractivity contribution in [2.75, 3.05) is 34.5 Å². The number of hydrogen-bond acceptors (Lipinski definition) is 8. The lowest BCUT2D eigenvalue weighted by Crippen LogP contribution is -2.34. The van der Waals surface area contributed by atoms with Crippen LogP contribution in [0.25, 0.3) is 0 Å². The van der Waals surface area contributed by atoms with Gasteiger partial charge in [0.1, 0.15) is 0 Å². The van der Waals surface area contributed by atoms with Crippen LogP contribution in [0.4, 0.5) is 0 Å². The monoisotopic (exact) mass is 557 g/mol. The van der Waals surface area contributed by atoms with E-state index in [9.17, 15) is 14.7 Å². The van der Waals surface area contributed by atoms with Crippen molar-refractivity contribution in [1.29, 1.82) is 0 Å². The Kier molecular flexibility index (Phi) is 9.38. The molecular formula is C21H24IN3O7. The second-order valence-electron chi connectivity index (χ2n) is 6.17. The van der Waals surface area contributed by atoms with E-state index in [1.165, 1.54) is 39.7 Å². The van der Waals surface area contributed by atoms with Gasteiger partial charge in [-0.15, -0.1) is 0 Å². The van der Waals surface area contributed by atoms with Gasteiger partial charge in [0.2, 0.25) is 5.75 Å². The van der Waals surface area contributed by atoms with E-state index in [4.69, 9.17) is 18.9 Å². The summed E-state index contributed by atoms with van der Waals surface area (Å²) in [5.41, 5.74) is 3.18. The van der Waals surface area contributed by atoms with Crippen molar-refractivity contribution in [2.45, 2.75) is 6.92 Å². The maximum atomic E-state index is 12.4. The highest BCUT2D eigenvalue weighted by Crippen LogP contribution is 2.38. The first kappa shape index (κ1) is 25.0. The number of rotatable bonds is 10. The first-order valence-corrected chi connectivity index (χ1v) is 10.5. The minimum Gasteiger partial charge on any atom is -0.504 e. The molecule has 2 aromatic rings. The molecule has 0 spiro atoms. The van der Waals surface area contributed by atoms with Crippen LogP contribution in [-0.4, -0.2) is 57.6 Å². The minimum absolute atomic E-state index is 0.0446. The number of carbonyl (C=O) groups is 2. The van der Waals surface area contributed by atoms with E-state index in [2.05, 4.69) is 15.8 Å². The standard InChI is InChI=1S/C21H24IN3O7/c1-5-32-15-7-12(6-14(22)19(15)27)10-24-25-18(26)11-23-21(28)13-8-16(29-2)20(31-4)17(9-13)30-3/h6-10,27H,5,11H2,1-4H3,(H,23,28)(H,25,26)/b24-10-. The number of phenolic OH excluding ortho intramolecular Hbond substituents is 1. The summed E-state index contributed by atoms with van der Waals surface area (Å²) >= 11 is 1.97. The smallest absolute Gasteiger partial charge is 0.259 e. The number of ether oxygens (including phenoxy) is 4. The molecule has 172 valence electrons. The quantitative estimate of drug-likeness (QED) is 0.233. The molecule has 2 rings (SSSR count). The van der Waals surface area contributed by atoms with Gasteiger partial charge in [-0.3, -0.25) is 9.59 Å². The Morgan fingerprint density at radius 3 is 2.28 bits per heavy atom. The molecule has 3 N–H and O–H groups in total. The normalized spacial score (nSPS) is 10.5. The van der Waals surface area contributed by atoms with Crippen LogP contribution in [0.15, 0.2) is 29.4 Å². The van der Waals surface area contributed by atoms with Gasteiger partial charge in [0.25, 0.3) is 11.8 Å². The van der Waals surface area contributed by atoms with Gasteiger partial charge in [0.05, 0.1) is 44.3 Å². The number of nitrogens with zero attached hydrogens (tertiary/aromatic N) is 1. The van der Waals surface area contributed by atoms with Crippen molar-refractivity contribution in [3.8, 4) is 28.7 Å². The summed E-state index contributed by atoms with van der Waals surface area (Å²) in [5, 5.41) is 16.3. The van der Waals surface area contributed by atoms with Crippen molar-refractivity contribution >= 4 is 40.6 Å². The third-order valence-corrected chi connectivity index (χ3v) is 4.91. The van der Waals surface area contributed by atoms with Gasteiger partial charge in [0, 0.05) is 5.56 Å². The highest BCUT2D eigenvalue weighted by molar-refractivity contribution is 14.1. The molecule has 0 radical (unpaired) electrons. The fourth-order valence-corrected chi connectivity index (χ4v) is 3.25. The van der Waals surface area contributed by atoms with Crippen molar-refractivity contribution in [3.63, 3.8) is 0 Å². The molecule has 0 aliphatic rings. The first-order valence-electron chi connectivity index (χ1n) is 9.39. The summed E-state index contributed by atoms with van der Waals surface area (Å²) in [4.78, 5) is 24.5. The zero-order chi connectivity index (χ0) is 23.7.